The summed E-state index contributed by atoms with van der Waals surface area (Å²) in [4.78, 5) is 13.5. The van der Waals surface area contributed by atoms with Gasteiger partial charge in [0, 0.05) is 25.7 Å². The van der Waals surface area contributed by atoms with Gasteiger partial charge in [0.1, 0.15) is 0 Å². The van der Waals surface area contributed by atoms with Gasteiger partial charge in [0.25, 0.3) is 0 Å². The first-order chi connectivity index (χ1) is 9.69. The van der Waals surface area contributed by atoms with E-state index < -0.39 is 0 Å². The smallest absolute Gasteiger partial charge is 0.409 e. The van der Waals surface area contributed by atoms with Gasteiger partial charge in [-0.25, -0.2) is 4.79 Å². The molecule has 0 atom stereocenters. The number of hydrogen-bond donors (Lipinski definition) is 1. The van der Waals surface area contributed by atoms with Crippen molar-refractivity contribution in [2.24, 2.45) is 5.41 Å². The quantitative estimate of drug-likeness (QED) is 0.842. The Labute approximate surface area is 123 Å². The third kappa shape index (κ3) is 3.87. The van der Waals surface area contributed by atoms with Gasteiger partial charge >= 0.3 is 6.09 Å². The first kappa shape index (κ1) is 15.6. The second-order valence-corrected chi connectivity index (χ2v) is 6.40. The second kappa shape index (κ2) is 7.30. The molecule has 20 heavy (non-hydrogen) atoms. The zero-order valence-electron chi connectivity index (χ0n) is 13.1. The molecule has 2 aliphatic rings. The summed E-state index contributed by atoms with van der Waals surface area (Å²) >= 11 is 0. The van der Waals surface area contributed by atoms with Crippen molar-refractivity contribution in [1.29, 1.82) is 0 Å². The summed E-state index contributed by atoms with van der Waals surface area (Å²) in [6.07, 6.45) is 8.83. The van der Waals surface area contributed by atoms with E-state index in [0.717, 1.165) is 32.5 Å². The maximum atomic E-state index is 11.7. The molecule has 0 aromatic carbocycles. The van der Waals surface area contributed by atoms with E-state index in [2.05, 4.69) is 12.2 Å². The molecule has 1 saturated heterocycles. The number of piperidine rings is 1. The van der Waals surface area contributed by atoms with Gasteiger partial charge in [-0.2, -0.15) is 0 Å². The van der Waals surface area contributed by atoms with Gasteiger partial charge in [-0.1, -0.05) is 19.8 Å². The zero-order valence-corrected chi connectivity index (χ0v) is 13.1. The van der Waals surface area contributed by atoms with Crippen molar-refractivity contribution in [3.8, 4) is 0 Å². The maximum Gasteiger partial charge on any atom is 0.409 e. The van der Waals surface area contributed by atoms with Crippen LogP contribution in [0.1, 0.15) is 58.8 Å². The Kier molecular flexibility index (Phi) is 5.70. The second-order valence-electron chi connectivity index (χ2n) is 6.40. The highest BCUT2D eigenvalue weighted by atomic mass is 16.6. The van der Waals surface area contributed by atoms with Crippen molar-refractivity contribution >= 4 is 6.09 Å². The van der Waals surface area contributed by atoms with Crippen LogP contribution in [0.3, 0.4) is 0 Å². The number of nitrogens with zero attached hydrogens (tertiary/aromatic N) is 1. The highest BCUT2D eigenvalue weighted by molar-refractivity contribution is 5.67. The molecule has 1 aliphatic carbocycles. The summed E-state index contributed by atoms with van der Waals surface area (Å²) in [5, 5.41) is 3.77. The third-order valence-electron chi connectivity index (χ3n) is 5.20. The number of amides is 1. The summed E-state index contributed by atoms with van der Waals surface area (Å²) in [5.41, 5.74) is 0.554. The Bertz CT molecular complexity index is 306. The van der Waals surface area contributed by atoms with E-state index in [-0.39, 0.29) is 6.09 Å². The lowest BCUT2D eigenvalue weighted by atomic mass is 9.83. The summed E-state index contributed by atoms with van der Waals surface area (Å²) in [5.74, 6) is 0. The maximum absolute atomic E-state index is 11.7. The van der Waals surface area contributed by atoms with E-state index in [9.17, 15) is 4.79 Å². The van der Waals surface area contributed by atoms with Crippen LogP contribution in [0.4, 0.5) is 4.79 Å². The minimum absolute atomic E-state index is 0.147. The van der Waals surface area contributed by atoms with Gasteiger partial charge in [-0.15, -0.1) is 0 Å². The molecular weight excluding hydrogens is 252 g/mol. The van der Waals surface area contributed by atoms with Crippen LogP contribution in [0, 0.1) is 5.41 Å². The standard InChI is InChI=1S/C16H30N2O2/c1-3-16(9-5-6-10-16)13-17-14-7-11-18(12-8-14)15(19)20-4-2/h14,17H,3-13H2,1-2H3. The molecule has 0 unspecified atom stereocenters. The summed E-state index contributed by atoms with van der Waals surface area (Å²) in [6.45, 7) is 7.48. The fourth-order valence-electron chi connectivity index (χ4n) is 3.62. The molecule has 1 amide bonds. The lowest BCUT2D eigenvalue weighted by Gasteiger charge is -2.35. The van der Waals surface area contributed by atoms with Gasteiger partial charge in [-0.05, 0) is 44.4 Å². The van der Waals surface area contributed by atoms with E-state index in [0.29, 0.717) is 18.1 Å². The molecule has 0 aromatic rings. The number of hydrogen-bond acceptors (Lipinski definition) is 3. The van der Waals surface area contributed by atoms with Gasteiger partial charge in [0.15, 0.2) is 0 Å². The highest BCUT2D eigenvalue weighted by Crippen LogP contribution is 2.40. The molecule has 0 spiro atoms. The minimum atomic E-state index is -0.147. The normalized spacial score (nSPS) is 23.0. The van der Waals surface area contributed by atoms with Crippen molar-refractivity contribution in [2.75, 3.05) is 26.2 Å². The van der Waals surface area contributed by atoms with Crippen LogP contribution in [-0.2, 0) is 4.74 Å². The predicted molar refractivity (Wildman–Crippen MR) is 80.8 cm³/mol. The fraction of sp³-hybridized carbons (Fsp3) is 0.938. The Morgan fingerprint density at radius 3 is 2.45 bits per heavy atom. The van der Waals surface area contributed by atoms with Crippen LogP contribution >= 0.6 is 0 Å². The Balaban J connectivity index is 1.70. The molecular formula is C16H30N2O2. The minimum Gasteiger partial charge on any atom is -0.450 e. The van der Waals surface area contributed by atoms with Crippen LogP contribution in [0.2, 0.25) is 0 Å². The number of ether oxygens (including phenoxy) is 1. The van der Waals surface area contributed by atoms with Crippen molar-refractivity contribution in [2.45, 2.75) is 64.8 Å². The Morgan fingerprint density at radius 2 is 1.90 bits per heavy atom. The Morgan fingerprint density at radius 1 is 1.25 bits per heavy atom. The molecule has 4 nitrogen and oxygen atoms in total. The molecule has 1 N–H and O–H groups in total. The lowest BCUT2D eigenvalue weighted by Crippen LogP contribution is -2.47. The summed E-state index contributed by atoms with van der Waals surface area (Å²) in [7, 11) is 0. The van der Waals surface area contributed by atoms with E-state index in [1.807, 2.05) is 11.8 Å². The molecule has 1 heterocycles. The topological polar surface area (TPSA) is 41.6 Å². The largest absolute Gasteiger partial charge is 0.450 e. The van der Waals surface area contributed by atoms with Crippen LogP contribution in [-0.4, -0.2) is 43.3 Å². The zero-order chi connectivity index (χ0) is 14.4. The van der Waals surface area contributed by atoms with Gasteiger partial charge < -0.3 is 15.0 Å². The van der Waals surface area contributed by atoms with Crippen molar-refractivity contribution in [3.63, 3.8) is 0 Å². The van der Waals surface area contributed by atoms with Gasteiger partial charge in [0.2, 0.25) is 0 Å². The molecule has 116 valence electrons. The van der Waals surface area contributed by atoms with Crippen LogP contribution in [0.15, 0.2) is 0 Å². The number of carbonyl (C=O) groups excluding carboxylic acids is 1. The van der Waals surface area contributed by atoms with Crippen LogP contribution in [0.25, 0.3) is 0 Å². The average Bonchev–Trinajstić information content (AvgIpc) is 2.95. The van der Waals surface area contributed by atoms with Gasteiger partial charge in [-0.3, -0.25) is 0 Å². The molecule has 2 rings (SSSR count). The van der Waals surface area contributed by atoms with Crippen molar-refractivity contribution in [3.05, 3.63) is 0 Å². The molecule has 1 aliphatic heterocycles. The first-order valence-corrected chi connectivity index (χ1v) is 8.34. The monoisotopic (exact) mass is 282 g/mol. The fourth-order valence-corrected chi connectivity index (χ4v) is 3.62. The van der Waals surface area contributed by atoms with Crippen LogP contribution in [0.5, 0.6) is 0 Å². The van der Waals surface area contributed by atoms with E-state index in [1.54, 1.807) is 0 Å². The molecule has 2 fully saturated rings. The molecule has 4 heteroatoms. The molecule has 0 bridgehead atoms. The average molecular weight is 282 g/mol. The van der Waals surface area contributed by atoms with E-state index >= 15 is 0 Å². The number of carbonyl (C=O) groups is 1. The number of nitrogens with one attached hydrogen (secondary N) is 1. The first-order valence-electron chi connectivity index (χ1n) is 8.34. The number of likely N-dealkylation sites (tertiary alicyclic amines) is 1. The predicted octanol–water partition coefficient (Wildman–Crippen LogP) is 3.17. The molecule has 0 radical (unpaired) electrons. The SMILES string of the molecule is CCOC(=O)N1CCC(NCC2(CC)CCCC2)CC1. The third-order valence-corrected chi connectivity index (χ3v) is 5.20. The lowest BCUT2D eigenvalue weighted by molar-refractivity contribution is 0.0937. The number of rotatable bonds is 5. The Hall–Kier alpha value is -0.770. The summed E-state index contributed by atoms with van der Waals surface area (Å²) in [6, 6.07) is 0.574. The molecule has 1 saturated carbocycles. The van der Waals surface area contributed by atoms with E-state index in [4.69, 9.17) is 4.74 Å². The highest BCUT2D eigenvalue weighted by Gasteiger charge is 2.33. The van der Waals surface area contributed by atoms with E-state index in [1.165, 1.54) is 32.1 Å². The van der Waals surface area contributed by atoms with Gasteiger partial charge in [0.05, 0.1) is 6.61 Å². The van der Waals surface area contributed by atoms with Crippen LogP contribution < -0.4 is 5.32 Å². The van der Waals surface area contributed by atoms with Crippen molar-refractivity contribution < 1.29 is 9.53 Å². The molecule has 0 aromatic heterocycles. The van der Waals surface area contributed by atoms with Crippen molar-refractivity contribution in [1.82, 2.24) is 10.2 Å². The summed E-state index contributed by atoms with van der Waals surface area (Å²) < 4.78 is 5.06.